The van der Waals surface area contributed by atoms with Crippen molar-refractivity contribution in [3.05, 3.63) is 83.6 Å². The fourth-order valence-corrected chi connectivity index (χ4v) is 3.00. The number of aromatic nitrogens is 2. The van der Waals surface area contributed by atoms with E-state index in [1.165, 1.54) is 12.1 Å². The zero-order valence-corrected chi connectivity index (χ0v) is 16.6. The number of pyridine rings is 2. The van der Waals surface area contributed by atoms with Crippen molar-refractivity contribution in [1.82, 2.24) is 9.97 Å². The number of carbonyl (C=O) groups is 2. The molecule has 0 radical (unpaired) electrons. The average Bonchev–Trinajstić information content (AvgIpc) is 2.72. The Morgan fingerprint density at radius 1 is 0.966 bits per heavy atom. The van der Waals surface area contributed by atoms with Gasteiger partial charge in [-0.1, -0.05) is 38.1 Å². The molecule has 2 aromatic heterocycles. The molecule has 0 amide bonds. The van der Waals surface area contributed by atoms with E-state index in [9.17, 15) is 14.0 Å². The van der Waals surface area contributed by atoms with Crippen LogP contribution in [-0.2, 0) is 6.42 Å². The van der Waals surface area contributed by atoms with Crippen molar-refractivity contribution >= 4 is 11.6 Å². The van der Waals surface area contributed by atoms with Gasteiger partial charge in [0.15, 0.2) is 11.6 Å². The van der Waals surface area contributed by atoms with Crippen LogP contribution >= 0.6 is 0 Å². The van der Waals surface area contributed by atoms with Gasteiger partial charge in [-0.3, -0.25) is 14.6 Å². The summed E-state index contributed by atoms with van der Waals surface area (Å²) in [6, 6.07) is 15.0. The molecule has 0 aliphatic carbocycles. The number of aryl methyl sites for hydroxylation is 1. The zero-order chi connectivity index (χ0) is 20.8. The molecule has 0 saturated carbocycles. The lowest BCUT2D eigenvalue weighted by atomic mass is 10.0. The number of nitrogens with zero attached hydrogens (tertiary/aromatic N) is 2. The highest BCUT2D eigenvalue weighted by Crippen LogP contribution is 2.18. The first-order chi connectivity index (χ1) is 13.9. The molecule has 3 aromatic rings. The molecule has 0 aliphatic rings. The van der Waals surface area contributed by atoms with E-state index in [-0.39, 0.29) is 29.7 Å². The van der Waals surface area contributed by atoms with Gasteiger partial charge in [-0.2, -0.15) is 0 Å². The Kier molecular flexibility index (Phi) is 6.60. The standard InChI is InChI=1S/C24H23FN2O2/c1-16(2)13-24(29)22-8-4-7-21(27-22)23(28)12-10-17-9-11-20(26-15-17)18-5-3-6-19(25)14-18/h3-9,11,14-16H,10,12-13H2,1-2H3. The van der Waals surface area contributed by atoms with E-state index in [0.29, 0.717) is 35.5 Å². The zero-order valence-electron chi connectivity index (χ0n) is 16.6. The van der Waals surface area contributed by atoms with Gasteiger partial charge in [0.2, 0.25) is 0 Å². The highest BCUT2D eigenvalue weighted by molar-refractivity contribution is 5.98. The van der Waals surface area contributed by atoms with E-state index in [2.05, 4.69) is 9.97 Å². The molecule has 0 atom stereocenters. The number of benzene rings is 1. The third kappa shape index (κ3) is 5.64. The molecular weight excluding hydrogens is 367 g/mol. The number of carbonyl (C=O) groups excluding carboxylic acids is 2. The number of Topliss-reactive ketones (excluding diaryl/α,β-unsaturated/α-hetero) is 2. The lowest BCUT2D eigenvalue weighted by Gasteiger charge is -2.06. The Morgan fingerprint density at radius 2 is 1.69 bits per heavy atom. The lowest BCUT2D eigenvalue weighted by Crippen LogP contribution is -2.10. The SMILES string of the molecule is CC(C)CC(=O)c1cccc(C(=O)CCc2ccc(-c3cccc(F)c3)nc2)n1. The summed E-state index contributed by atoms with van der Waals surface area (Å²) in [5.41, 5.74) is 2.94. The molecule has 4 nitrogen and oxygen atoms in total. The molecule has 0 fully saturated rings. The topological polar surface area (TPSA) is 59.9 Å². The van der Waals surface area contributed by atoms with Gasteiger partial charge in [0, 0.05) is 24.6 Å². The summed E-state index contributed by atoms with van der Waals surface area (Å²) in [7, 11) is 0. The number of hydrogen-bond acceptors (Lipinski definition) is 4. The molecule has 0 saturated heterocycles. The predicted molar refractivity (Wildman–Crippen MR) is 110 cm³/mol. The second-order valence-corrected chi connectivity index (χ2v) is 7.41. The maximum atomic E-state index is 13.4. The Balaban J connectivity index is 1.63. The highest BCUT2D eigenvalue weighted by Gasteiger charge is 2.14. The Bertz CT molecular complexity index is 1010. The van der Waals surface area contributed by atoms with Crippen LogP contribution in [0.1, 0.15) is 53.2 Å². The average molecular weight is 390 g/mol. The summed E-state index contributed by atoms with van der Waals surface area (Å²) >= 11 is 0. The number of rotatable bonds is 8. The highest BCUT2D eigenvalue weighted by atomic mass is 19.1. The fraction of sp³-hybridized carbons (Fsp3) is 0.250. The molecule has 29 heavy (non-hydrogen) atoms. The third-order valence-corrected chi connectivity index (χ3v) is 4.50. The summed E-state index contributed by atoms with van der Waals surface area (Å²) in [4.78, 5) is 33.3. The fourth-order valence-electron chi connectivity index (χ4n) is 3.00. The summed E-state index contributed by atoms with van der Waals surface area (Å²) in [6.07, 6.45) is 2.90. The summed E-state index contributed by atoms with van der Waals surface area (Å²) in [6.45, 7) is 3.95. The van der Waals surface area contributed by atoms with Gasteiger partial charge >= 0.3 is 0 Å². The molecule has 1 aromatic carbocycles. The van der Waals surface area contributed by atoms with E-state index in [1.807, 2.05) is 26.0 Å². The van der Waals surface area contributed by atoms with Crippen molar-refractivity contribution < 1.29 is 14.0 Å². The van der Waals surface area contributed by atoms with Crippen molar-refractivity contribution in [3.63, 3.8) is 0 Å². The van der Waals surface area contributed by atoms with Crippen LogP contribution in [0.4, 0.5) is 4.39 Å². The van der Waals surface area contributed by atoms with Crippen molar-refractivity contribution in [2.24, 2.45) is 5.92 Å². The van der Waals surface area contributed by atoms with Crippen molar-refractivity contribution in [2.75, 3.05) is 0 Å². The van der Waals surface area contributed by atoms with E-state index in [0.717, 1.165) is 5.56 Å². The third-order valence-electron chi connectivity index (χ3n) is 4.50. The molecule has 148 valence electrons. The first-order valence-corrected chi connectivity index (χ1v) is 9.66. The summed E-state index contributed by atoms with van der Waals surface area (Å²) < 4.78 is 13.4. The van der Waals surface area contributed by atoms with E-state index >= 15 is 0 Å². The van der Waals surface area contributed by atoms with Crippen LogP contribution in [0.5, 0.6) is 0 Å². The van der Waals surface area contributed by atoms with Gasteiger partial charge in [0.05, 0.1) is 5.69 Å². The minimum atomic E-state index is -0.305. The molecule has 5 heteroatoms. The van der Waals surface area contributed by atoms with Gasteiger partial charge < -0.3 is 0 Å². The Hall–Kier alpha value is -3.21. The summed E-state index contributed by atoms with van der Waals surface area (Å²) in [5.74, 6) is -0.225. The van der Waals surface area contributed by atoms with Crippen molar-refractivity contribution in [3.8, 4) is 11.3 Å². The Labute approximate surface area is 169 Å². The first-order valence-electron chi connectivity index (χ1n) is 9.66. The largest absolute Gasteiger partial charge is 0.292 e. The molecule has 2 heterocycles. The maximum Gasteiger partial charge on any atom is 0.181 e. The van der Waals surface area contributed by atoms with E-state index in [4.69, 9.17) is 0 Å². The maximum absolute atomic E-state index is 13.4. The van der Waals surface area contributed by atoms with E-state index in [1.54, 1.807) is 36.5 Å². The Morgan fingerprint density at radius 3 is 2.34 bits per heavy atom. The second-order valence-electron chi connectivity index (χ2n) is 7.41. The second kappa shape index (κ2) is 9.32. The van der Waals surface area contributed by atoms with Crippen molar-refractivity contribution in [1.29, 1.82) is 0 Å². The van der Waals surface area contributed by atoms with Gasteiger partial charge in [0.1, 0.15) is 17.2 Å². The van der Waals surface area contributed by atoms with Crippen LogP contribution in [0.15, 0.2) is 60.8 Å². The van der Waals surface area contributed by atoms with Gasteiger partial charge in [-0.25, -0.2) is 9.37 Å². The monoisotopic (exact) mass is 390 g/mol. The molecule has 0 unspecified atom stereocenters. The molecule has 0 spiro atoms. The number of halogens is 1. The first kappa shape index (κ1) is 20.5. The van der Waals surface area contributed by atoms with Gasteiger partial charge in [-0.15, -0.1) is 0 Å². The lowest BCUT2D eigenvalue weighted by molar-refractivity contribution is 0.0962. The van der Waals surface area contributed by atoms with Crippen LogP contribution in [-0.4, -0.2) is 21.5 Å². The molecule has 3 rings (SSSR count). The molecule has 0 aliphatic heterocycles. The smallest absolute Gasteiger partial charge is 0.181 e. The van der Waals surface area contributed by atoms with Crippen LogP contribution in [0, 0.1) is 11.7 Å². The molecular formula is C24H23FN2O2. The van der Waals surface area contributed by atoms with Crippen LogP contribution < -0.4 is 0 Å². The number of hydrogen-bond donors (Lipinski definition) is 0. The molecule has 0 N–H and O–H groups in total. The minimum absolute atomic E-state index is 0.0493. The predicted octanol–water partition coefficient (Wildman–Crippen LogP) is 5.33. The van der Waals surface area contributed by atoms with E-state index < -0.39 is 0 Å². The summed E-state index contributed by atoms with van der Waals surface area (Å²) in [5, 5.41) is 0. The minimum Gasteiger partial charge on any atom is -0.292 e. The molecule has 0 bridgehead atoms. The van der Waals surface area contributed by atoms with Gasteiger partial charge in [0.25, 0.3) is 0 Å². The van der Waals surface area contributed by atoms with Gasteiger partial charge in [-0.05, 0) is 48.2 Å². The number of ketones is 2. The quantitative estimate of drug-likeness (QED) is 0.488. The van der Waals surface area contributed by atoms with Crippen LogP contribution in [0.25, 0.3) is 11.3 Å². The van der Waals surface area contributed by atoms with Crippen LogP contribution in [0.2, 0.25) is 0 Å². The van der Waals surface area contributed by atoms with Crippen molar-refractivity contribution in [2.45, 2.75) is 33.1 Å². The van der Waals surface area contributed by atoms with Crippen LogP contribution in [0.3, 0.4) is 0 Å². The normalized spacial score (nSPS) is 10.9.